The van der Waals surface area contributed by atoms with Crippen molar-refractivity contribution in [1.29, 1.82) is 0 Å². The molecule has 2 N–H and O–H groups in total. The monoisotopic (exact) mass is 421 g/mol. The highest BCUT2D eigenvalue weighted by atomic mass is 35.5. The first-order valence-corrected chi connectivity index (χ1v) is 9.10. The van der Waals surface area contributed by atoms with Gasteiger partial charge < -0.3 is 19.6 Å². The molecular formula is C20H17Cl2NO5. The van der Waals surface area contributed by atoms with E-state index in [1.807, 2.05) is 0 Å². The first-order chi connectivity index (χ1) is 13.3. The van der Waals surface area contributed by atoms with Crippen LogP contribution in [-0.2, 0) is 22.5 Å². The van der Waals surface area contributed by atoms with Gasteiger partial charge in [0.05, 0.1) is 34.7 Å². The van der Waals surface area contributed by atoms with Crippen molar-refractivity contribution in [2.24, 2.45) is 0 Å². The molecule has 0 spiro atoms. The predicted molar refractivity (Wildman–Crippen MR) is 108 cm³/mol. The number of hydrogen-bond acceptors (Lipinski definition) is 6. The molecule has 0 atom stereocenters. The van der Waals surface area contributed by atoms with Gasteiger partial charge in [-0.05, 0) is 42.8 Å². The van der Waals surface area contributed by atoms with Crippen LogP contribution in [0.3, 0.4) is 0 Å². The lowest BCUT2D eigenvalue weighted by atomic mass is 10.0. The number of esters is 1. The van der Waals surface area contributed by atoms with E-state index in [2.05, 4.69) is 10.1 Å². The minimum absolute atomic E-state index is 0.0247. The maximum Gasteiger partial charge on any atom is 0.340 e. The number of phenols is 1. The highest BCUT2D eigenvalue weighted by Gasteiger charge is 2.18. The predicted octanol–water partition coefficient (Wildman–Crippen LogP) is 4.44. The quantitative estimate of drug-likeness (QED) is 0.467. The molecule has 28 heavy (non-hydrogen) atoms. The third kappa shape index (κ3) is 3.93. The molecule has 0 amide bonds. The van der Waals surface area contributed by atoms with Crippen LogP contribution in [0, 0.1) is 6.92 Å². The first kappa shape index (κ1) is 20.0. The van der Waals surface area contributed by atoms with E-state index in [-0.39, 0.29) is 29.9 Å². The minimum Gasteiger partial charge on any atom is -0.507 e. The molecule has 6 nitrogen and oxygen atoms in total. The van der Waals surface area contributed by atoms with E-state index < -0.39 is 11.6 Å². The molecule has 3 rings (SSSR count). The zero-order chi connectivity index (χ0) is 20.4. The van der Waals surface area contributed by atoms with E-state index in [0.717, 1.165) is 0 Å². The van der Waals surface area contributed by atoms with E-state index in [1.54, 1.807) is 31.2 Å². The Kier molecular flexibility index (Phi) is 5.82. The molecule has 0 saturated carbocycles. The second kappa shape index (κ2) is 8.12. The summed E-state index contributed by atoms with van der Waals surface area (Å²) < 4.78 is 10.1. The summed E-state index contributed by atoms with van der Waals surface area (Å²) in [5.74, 6) is -0.557. The van der Waals surface area contributed by atoms with Crippen LogP contribution in [0.2, 0.25) is 10.0 Å². The Morgan fingerprint density at radius 2 is 1.93 bits per heavy atom. The molecule has 0 bridgehead atoms. The zero-order valence-corrected chi connectivity index (χ0v) is 16.6. The van der Waals surface area contributed by atoms with Crippen LogP contribution >= 0.6 is 23.2 Å². The smallest absolute Gasteiger partial charge is 0.340 e. The van der Waals surface area contributed by atoms with Gasteiger partial charge in [0, 0.05) is 17.6 Å². The number of anilines is 1. The van der Waals surface area contributed by atoms with Crippen LogP contribution < -0.4 is 10.9 Å². The van der Waals surface area contributed by atoms with E-state index in [9.17, 15) is 14.7 Å². The van der Waals surface area contributed by atoms with Gasteiger partial charge in [-0.2, -0.15) is 0 Å². The molecule has 2 aromatic carbocycles. The largest absolute Gasteiger partial charge is 0.507 e. The molecule has 3 aromatic rings. The number of ether oxygens (including phenoxy) is 1. The van der Waals surface area contributed by atoms with Gasteiger partial charge in [0.15, 0.2) is 0 Å². The molecule has 0 unspecified atom stereocenters. The van der Waals surface area contributed by atoms with Gasteiger partial charge in [-0.1, -0.05) is 23.2 Å². The molecule has 1 aromatic heterocycles. The second-order valence-corrected chi connectivity index (χ2v) is 6.98. The molecule has 0 radical (unpaired) electrons. The van der Waals surface area contributed by atoms with Crippen molar-refractivity contribution in [3.63, 3.8) is 0 Å². The Balaban J connectivity index is 2.02. The van der Waals surface area contributed by atoms with Crippen molar-refractivity contribution in [1.82, 2.24) is 0 Å². The summed E-state index contributed by atoms with van der Waals surface area (Å²) in [5, 5.41) is 14.9. The van der Waals surface area contributed by atoms with Gasteiger partial charge in [0.1, 0.15) is 11.3 Å². The van der Waals surface area contributed by atoms with Crippen LogP contribution in [0.15, 0.2) is 39.5 Å². The molecule has 0 aliphatic carbocycles. The molecule has 0 aliphatic rings. The van der Waals surface area contributed by atoms with Gasteiger partial charge in [0.25, 0.3) is 0 Å². The number of methoxy groups -OCH3 is 1. The Labute approximate surface area is 170 Å². The van der Waals surface area contributed by atoms with Crippen molar-refractivity contribution in [3.05, 3.63) is 67.5 Å². The first-order valence-electron chi connectivity index (χ1n) is 8.34. The van der Waals surface area contributed by atoms with E-state index in [0.29, 0.717) is 32.2 Å². The average molecular weight is 422 g/mol. The maximum absolute atomic E-state index is 12.4. The topological polar surface area (TPSA) is 88.8 Å². The molecule has 1 heterocycles. The molecule has 0 saturated heterocycles. The van der Waals surface area contributed by atoms with Crippen molar-refractivity contribution in [2.45, 2.75) is 19.9 Å². The standard InChI is InChI=1S/C20H17Cl2NO5/c1-10-12-4-6-17(24)14(9-23-11-3-5-15(21)16(22)7-11)19(12)28-20(26)13(10)8-18(25)27-2/h3-7,23-24H,8-9H2,1-2H3. The van der Waals surface area contributed by atoms with Crippen LogP contribution in [-0.4, -0.2) is 18.2 Å². The summed E-state index contributed by atoms with van der Waals surface area (Å²) in [5.41, 5.74) is 1.54. The fourth-order valence-corrected chi connectivity index (χ4v) is 3.19. The Morgan fingerprint density at radius 1 is 1.18 bits per heavy atom. The third-order valence-corrected chi connectivity index (χ3v) is 5.21. The van der Waals surface area contributed by atoms with Crippen molar-refractivity contribution in [3.8, 4) is 5.75 Å². The van der Waals surface area contributed by atoms with Crippen molar-refractivity contribution >= 4 is 45.8 Å². The summed E-state index contributed by atoms with van der Waals surface area (Å²) >= 11 is 11.9. The Bertz CT molecular complexity index is 1120. The van der Waals surface area contributed by atoms with Crippen LogP contribution in [0.4, 0.5) is 5.69 Å². The summed E-state index contributed by atoms with van der Waals surface area (Å²) in [6.07, 6.45) is -0.182. The zero-order valence-electron chi connectivity index (χ0n) is 15.1. The molecule has 0 aliphatic heterocycles. The lowest BCUT2D eigenvalue weighted by Gasteiger charge is -2.13. The number of carbonyl (C=O) groups is 1. The number of aryl methyl sites for hydroxylation is 1. The number of hydrogen-bond donors (Lipinski definition) is 2. The van der Waals surface area contributed by atoms with Gasteiger partial charge >= 0.3 is 11.6 Å². The van der Waals surface area contributed by atoms with Gasteiger partial charge in [0.2, 0.25) is 0 Å². The summed E-state index contributed by atoms with van der Waals surface area (Å²) in [6, 6.07) is 8.21. The van der Waals surface area contributed by atoms with Gasteiger partial charge in [-0.25, -0.2) is 4.79 Å². The number of benzene rings is 2. The lowest BCUT2D eigenvalue weighted by Crippen LogP contribution is -2.16. The van der Waals surface area contributed by atoms with Crippen molar-refractivity contribution in [2.75, 3.05) is 12.4 Å². The average Bonchev–Trinajstić information content (AvgIpc) is 2.66. The number of rotatable bonds is 5. The van der Waals surface area contributed by atoms with Gasteiger partial charge in [-0.15, -0.1) is 0 Å². The number of phenolic OH excluding ortho intramolecular Hbond substituents is 1. The number of carbonyl (C=O) groups excluding carboxylic acids is 1. The normalized spacial score (nSPS) is 10.9. The summed E-state index contributed by atoms with van der Waals surface area (Å²) in [4.78, 5) is 24.0. The Morgan fingerprint density at radius 3 is 2.61 bits per heavy atom. The highest BCUT2D eigenvalue weighted by molar-refractivity contribution is 6.42. The second-order valence-electron chi connectivity index (χ2n) is 6.17. The number of fused-ring (bicyclic) bond motifs is 1. The SMILES string of the molecule is COC(=O)Cc1c(C)c2ccc(O)c(CNc3ccc(Cl)c(Cl)c3)c2oc1=O. The molecule has 8 heteroatoms. The molecule has 0 fully saturated rings. The van der Waals surface area contributed by atoms with E-state index in [1.165, 1.54) is 13.2 Å². The van der Waals surface area contributed by atoms with E-state index >= 15 is 0 Å². The fourth-order valence-electron chi connectivity index (χ4n) is 2.89. The number of aromatic hydroxyl groups is 1. The Hall–Kier alpha value is -2.70. The summed E-state index contributed by atoms with van der Waals surface area (Å²) in [7, 11) is 1.26. The molecular weight excluding hydrogens is 405 g/mol. The fraction of sp³-hybridized carbons (Fsp3) is 0.200. The number of nitrogens with one attached hydrogen (secondary N) is 1. The minimum atomic E-state index is -0.642. The van der Waals surface area contributed by atoms with Crippen molar-refractivity contribution < 1.29 is 19.1 Å². The maximum atomic E-state index is 12.4. The summed E-state index contributed by atoms with van der Waals surface area (Å²) in [6.45, 7) is 1.91. The van der Waals surface area contributed by atoms with Crippen LogP contribution in [0.5, 0.6) is 5.75 Å². The lowest BCUT2D eigenvalue weighted by molar-refractivity contribution is -0.139. The van der Waals surface area contributed by atoms with E-state index in [4.69, 9.17) is 27.6 Å². The number of halogens is 2. The molecule has 146 valence electrons. The van der Waals surface area contributed by atoms with Crippen LogP contribution in [0.25, 0.3) is 11.0 Å². The highest BCUT2D eigenvalue weighted by Crippen LogP contribution is 2.31. The third-order valence-electron chi connectivity index (χ3n) is 4.47. The van der Waals surface area contributed by atoms with Gasteiger partial charge in [-0.3, -0.25) is 4.79 Å². The van der Waals surface area contributed by atoms with Crippen LogP contribution in [0.1, 0.15) is 16.7 Å².